The third kappa shape index (κ3) is 4.92. The molecule has 86 valence electrons. The zero-order valence-electron chi connectivity index (χ0n) is 9.19. The van der Waals surface area contributed by atoms with Gasteiger partial charge in [0.2, 0.25) is 0 Å². The number of ether oxygens (including phenoxy) is 2. The van der Waals surface area contributed by atoms with E-state index >= 15 is 0 Å². The van der Waals surface area contributed by atoms with Crippen LogP contribution in [-0.2, 0) is 22.6 Å². The molecule has 0 aliphatic heterocycles. The minimum atomic E-state index is 0.546. The number of nitrogens with two attached hydrogens (primary N) is 1. The molecule has 5 heteroatoms. The van der Waals surface area contributed by atoms with Crippen LogP contribution in [0.15, 0.2) is 12.4 Å². The van der Waals surface area contributed by atoms with Gasteiger partial charge in [0, 0.05) is 38.6 Å². The Kier molecular flexibility index (Phi) is 5.99. The van der Waals surface area contributed by atoms with Gasteiger partial charge < -0.3 is 15.2 Å². The van der Waals surface area contributed by atoms with E-state index in [-0.39, 0.29) is 0 Å². The molecule has 0 aliphatic carbocycles. The first-order valence-corrected chi connectivity index (χ1v) is 5.15. The fraction of sp³-hybridized carbons (Fsp3) is 0.700. The summed E-state index contributed by atoms with van der Waals surface area (Å²) in [5.74, 6) is 0. The van der Waals surface area contributed by atoms with Crippen LogP contribution in [0, 0.1) is 0 Å². The van der Waals surface area contributed by atoms with Crippen LogP contribution in [0.5, 0.6) is 0 Å². The van der Waals surface area contributed by atoms with Gasteiger partial charge in [-0.1, -0.05) is 0 Å². The Labute approximate surface area is 90.2 Å². The number of methoxy groups -OCH3 is 1. The lowest BCUT2D eigenvalue weighted by Crippen LogP contribution is -2.06. The van der Waals surface area contributed by atoms with Gasteiger partial charge in [0.25, 0.3) is 0 Å². The first kappa shape index (κ1) is 12.2. The molecule has 0 bridgehead atoms. The van der Waals surface area contributed by atoms with Gasteiger partial charge in [-0.2, -0.15) is 5.10 Å². The van der Waals surface area contributed by atoms with Gasteiger partial charge in [-0.3, -0.25) is 4.68 Å². The Balaban J connectivity index is 2.04. The standard InChI is InChI=1S/C10H19N3O2/c1-14-5-6-15-4-2-3-13-9-10(7-11)8-12-13/h8-9H,2-7,11H2,1H3. The molecule has 0 aliphatic rings. The third-order valence-corrected chi connectivity index (χ3v) is 2.03. The van der Waals surface area contributed by atoms with Crippen LogP contribution in [0.4, 0.5) is 0 Å². The summed E-state index contributed by atoms with van der Waals surface area (Å²) < 4.78 is 12.1. The second kappa shape index (κ2) is 7.39. The molecule has 15 heavy (non-hydrogen) atoms. The summed E-state index contributed by atoms with van der Waals surface area (Å²) in [5.41, 5.74) is 6.55. The maximum Gasteiger partial charge on any atom is 0.0700 e. The number of hydrogen-bond acceptors (Lipinski definition) is 4. The van der Waals surface area contributed by atoms with Crippen LogP contribution < -0.4 is 5.73 Å². The fourth-order valence-corrected chi connectivity index (χ4v) is 1.21. The summed E-state index contributed by atoms with van der Waals surface area (Å²) >= 11 is 0. The zero-order chi connectivity index (χ0) is 10.9. The summed E-state index contributed by atoms with van der Waals surface area (Å²) in [7, 11) is 1.67. The number of aromatic nitrogens is 2. The van der Waals surface area contributed by atoms with Crippen molar-refractivity contribution in [3.05, 3.63) is 18.0 Å². The number of aryl methyl sites for hydroxylation is 1. The van der Waals surface area contributed by atoms with E-state index in [1.54, 1.807) is 13.3 Å². The number of hydrogen-bond donors (Lipinski definition) is 1. The van der Waals surface area contributed by atoms with E-state index in [4.69, 9.17) is 15.2 Å². The largest absolute Gasteiger partial charge is 0.382 e. The molecule has 0 radical (unpaired) electrons. The molecule has 0 spiro atoms. The number of nitrogens with zero attached hydrogens (tertiary/aromatic N) is 2. The van der Waals surface area contributed by atoms with Crippen LogP contribution in [0.3, 0.4) is 0 Å². The van der Waals surface area contributed by atoms with Gasteiger partial charge in [0.15, 0.2) is 0 Å². The van der Waals surface area contributed by atoms with E-state index in [0.29, 0.717) is 19.8 Å². The van der Waals surface area contributed by atoms with E-state index in [2.05, 4.69) is 5.10 Å². The predicted octanol–water partition coefficient (Wildman–Crippen LogP) is 0.395. The minimum Gasteiger partial charge on any atom is -0.382 e. The first-order chi connectivity index (χ1) is 7.36. The van der Waals surface area contributed by atoms with Crippen LogP contribution in [0.25, 0.3) is 0 Å². The van der Waals surface area contributed by atoms with Gasteiger partial charge in [-0.05, 0) is 6.42 Å². The lowest BCUT2D eigenvalue weighted by atomic mass is 10.4. The lowest BCUT2D eigenvalue weighted by Gasteiger charge is -2.03. The third-order valence-electron chi connectivity index (χ3n) is 2.03. The van der Waals surface area contributed by atoms with Crippen LogP contribution in [0.2, 0.25) is 0 Å². The summed E-state index contributed by atoms with van der Waals surface area (Å²) in [6.45, 7) is 3.46. The molecule has 2 N–H and O–H groups in total. The first-order valence-electron chi connectivity index (χ1n) is 5.15. The Bertz CT molecular complexity index is 263. The molecule has 5 nitrogen and oxygen atoms in total. The van der Waals surface area contributed by atoms with E-state index in [9.17, 15) is 0 Å². The highest BCUT2D eigenvalue weighted by Crippen LogP contribution is 1.97. The molecular formula is C10H19N3O2. The van der Waals surface area contributed by atoms with Crippen LogP contribution >= 0.6 is 0 Å². The molecule has 1 aromatic rings. The molecule has 1 rings (SSSR count). The van der Waals surface area contributed by atoms with E-state index in [1.165, 1.54) is 0 Å². The molecule has 1 heterocycles. The van der Waals surface area contributed by atoms with Crippen molar-refractivity contribution in [1.29, 1.82) is 0 Å². The maximum absolute atomic E-state index is 5.48. The second-order valence-corrected chi connectivity index (χ2v) is 3.27. The SMILES string of the molecule is COCCOCCCn1cc(CN)cn1. The average Bonchev–Trinajstić information content (AvgIpc) is 2.71. The van der Waals surface area contributed by atoms with Crippen molar-refractivity contribution in [1.82, 2.24) is 9.78 Å². The van der Waals surface area contributed by atoms with Gasteiger partial charge in [0.1, 0.15) is 0 Å². The molecular weight excluding hydrogens is 194 g/mol. The highest BCUT2D eigenvalue weighted by molar-refractivity contribution is 5.02. The van der Waals surface area contributed by atoms with E-state index in [0.717, 1.165) is 25.1 Å². The molecule has 0 saturated heterocycles. The average molecular weight is 213 g/mol. The maximum atomic E-state index is 5.48. The Hall–Kier alpha value is -0.910. The quantitative estimate of drug-likeness (QED) is 0.635. The Morgan fingerprint density at radius 2 is 2.27 bits per heavy atom. The van der Waals surface area contributed by atoms with Gasteiger partial charge >= 0.3 is 0 Å². The summed E-state index contributed by atoms with van der Waals surface area (Å²) in [4.78, 5) is 0. The molecule has 0 saturated carbocycles. The molecule has 0 atom stereocenters. The van der Waals surface area contributed by atoms with Crippen LogP contribution in [0.1, 0.15) is 12.0 Å². The highest BCUT2D eigenvalue weighted by atomic mass is 16.5. The molecule has 1 aromatic heterocycles. The topological polar surface area (TPSA) is 62.3 Å². The lowest BCUT2D eigenvalue weighted by molar-refractivity contribution is 0.0677. The van der Waals surface area contributed by atoms with E-state index < -0.39 is 0 Å². The van der Waals surface area contributed by atoms with Crippen molar-refractivity contribution in [2.75, 3.05) is 26.9 Å². The molecule has 0 unspecified atom stereocenters. The molecule has 0 fully saturated rings. The Morgan fingerprint density at radius 3 is 2.93 bits per heavy atom. The van der Waals surface area contributed by atoms with Gasteiger partial charge in [0.05, 0.1) is 19.4 Å². The number of rotatable bonds is 8. The Morgan fingerprint density at radius 1 is 1.40 bits per heavy atom. The van der Waals surface area contributed by atoms with Crippen molar-refractivity contribution in [2.45, 2.75) is 19.5 Å². The van der Waals surface area contributed by atoms with Crippen molar-refractivity contribution in [2.24, 2.45) is 5.73 Å². The van der Waals surface area contributed by atoms with Gasteiger partial charge in [-0.25, -0.2) is 0 Å². The monoisotopic (exact) mass is 213 g/mol. The van der Waals surface area contributed by atoms with Crippen LogP contribution in [-0.4, -0.2) is 36.7 Å². The summed E-state index contributed by atoms with van der Waals surface area (Å²) in [5, 5.41) is 4.18. The van der Waals surface area contributed by atoms with Crippen molar-refractivity contribution >= 4 is 0 Å². The minimum absolute atomic E-state index is 0.546. The van der Waals surface area contributed by atoms with Crippen molar-refractivity contribution < 1.29 is 9.47 Å². The summed E-state index contributed by atoms with van der Waals surface area (Å²) in [6, 6.07) is 0. The smallest absolute Gasteiger partial charge is 0.0700 e. The molecule has 0 aromatic carbocycles. The predicted molar refractivity (Wildman–Crippen MR) is 57.4 cm³/mol. The summed E-state index contributed by atoms with van der Waals surface area (Å²) in [6.07, 6.45) is 4.72. The van der Waals surface area contributed by atoms with E-state index in [1.807, 2.05) is 10.9 Å². The molecule has 0 amide bonds. The zero-order valence-corrected chi connectivity index (χ0v) is 9.19. The fourth-order valence-electron chi connectivity index (χ4n) is 1.21. The normalized spacial score (nSPS) is 10.8. The highest BCUT2D eigenvalue weighted by Gasteiger charge is 1.96. The van der Waals surface area contributed by atoms with Gasteiger partial charge in [-0.15, -0.1) is 0 Å². The van der Waals surface area contributed by atoms with Crippen molar-refractivity contribution in [3.8, 4) is 0 Å². The second-order valence-electron chi connectivity index (χ2n) is 3.27. The van der Waals surface area contributed by atoms with Crippen molar-refractivity contribution in [3.63, 3.8) is 0 Å².